The number of benzene rings is 1. The van der Waals surface area contributed by atoms with E-state index in [1.54, 1.807) is 0 Å². The first-order valence-electron chi connectivity index (χ1n) is 6.14. The molecule has 0 aliphatic carbocycles. The quantitative estimate of drug-likeness (QED) is 0.559. The average molecular weight is 265 g/mol. The van der Waals surface area contributed by atoms with E-state index < -0.39 is 0 Å². The molecule has 90 valence electrons. The van der Waals surface area contributed by atoms with E-state index in [0.717, 1.165) is 25.1 Å². The summed E-state index contributed by atoms with van der Waals surface area (Å²) in [6, 6.07) is 10.3. The Bertz CT molecular complexity index is 423. The van der Waals surface area contributed by atoms with Gasteiger partial charge in [0.2, 0.25) is 0 Å². The van der Waals surface area contributed by atoms with Crippen LogP contribution in [-0.2, 0) is 6.42 Å². The van der Waals surface area contributed by atoms with E-state index in [1.807, 2.05) is 24.7 Å². The third-order valence-electron chi connectivity index (χ3n) is 2.98. The summed E-state index contributed by atoms with van der Waals surface area (Å²) in [5.74, 6) is 1.25. The van der Waals surface area contributed by atoms with Gasteiger partial charge in [-0.2, -0.15) is 6.42 Å². The summed E-state index contributed by atoms with van der Waals surface area (Å²) in [6.45, 7) is 8.07. The van der Waals surface area contributed by atoms with Crippen LogP contribution in [-0.4, -0.2) is 11.5 Å². The second kappa shape index (κ2) is 8.28. The first kappa shape index (κ1) is 16.1. The van der Waals surface area contributed by atoms with Crippen molar-refractivity contribution >= 4 is 11.5 Å². The van der Waals surface area contributed by atoms with Crippen LogP contribution in [0.2, 0.25) is 0 Å². The second-order valence-corrected chi connectivity index (χ2v) is 4.21. The molecule has 0 radical (unpaired) electrons. The maximum atomic E-state index is 4.64. The SMILES string of the molecule is [CH2-]CC1[CH-]N=C(Cc2ccccc2)N=C1CC.[K+]. The van der Waals surface area contributed by atoms with Crippen LogP contribution < -0.4 is 51.4 Å². The van der Waals surface area contributed by atoms with Crippen LogP contribution in [0.4, 0.5) is 0 Å². The third kappa shape index (κ3) is 4.32. The van der Waals surface area contributed by atoms with Gasteiger partial charge in [0.25, 0.3) is 0 Å². The Hall–Kier alpha value is 0.0664. The van der Waals surface area contributed by atoms with E-state index in [-0.39, 0.29) is 51.4 Å². The van der Waals surface area contributed by atoms with Crippen molar-refractivity contribution in [1.82, 2.24) is 0 Å². The fraction of sp³-hybridized carbons (Fsp3) is 0.333. The van der Waals surface area contributed by atoms with Crippen LogP contribution in [0, 0.1) is 19.4 Å². The minimum absolute atomic E-state index is 0. The molecule has 1 aliphatic heterocycles. The van der Waals surface area contributed by atoms with Crippen LogP contribution in [0.25, 0.3) is 0 Å². The molecule has 1 unspecified atom stereocenters. The fourth-order valence-corrected chi connectivity index (χ4v) is 1.99. The number of amidine groups is 1. The van der Waals surface area contributed by atoms with Crippen molar-refractivity contribution < 1.29 is 51.4 Å². The molecule has 0 spiro atoms. The Balaban J connectivity index is 0.00000162. The number of aliphatic imine (C=N–C) groups is 2. The van der Waals surface area contributed by atoms with Gasteiger partial charge in [-0.25, -0.2) is 0 Å². The molecule has 0 aromatic heterocycles. The molecule has 1 aromatic rings. The number of rotatable bonds is 4. The van der Waals surface area contributed by atoms with Crippen LogP contribution in [0.5, 0.6) is 0 Å². The summed E-state index contributed by atoms with van der Waals surface area (Å²) in [4.78, 5) is 9.08. The number of hydrogen-bond donors (Lipinski definition) is 0. The summed E-state index contributed by atoms with van der Waals surface area (Å²) < 4.78 is 0. The van der Waals surface area contributed by atoms with Crippen LogP contribution in [0.1, 0.15) is 25.3 Å². The minimum Gasteiger partial charge on any atom is -0.433 e. The molecule has 3 heteroatoms. The van der Waals surface area contributed by atoms with E-state index in [9.17, 15) is 0 Å². The van der Waals surface area contributed by atoms with Crippen molar-refractivity contribution in [2.24, 2.45) is 15.9 Å². The minimum atomic E-state index is 0. The fourth-order valence-electron chi connectivity index (χ4n) is 1.99. The Morgan fingerprint density at radius 3 is 2.61 bits per heavy atom. The zero-order valence-corrected chi connectivity index (χ0v) is 14.4. The largest absolute Gasteiger partial charge is 1.00 e. The topological polar surface area (TPSA) is 24.7 Å². The smallest absolute Gasteiger partial charge is 0.433 e. The summed E-state index contributed by atoms with van der Waals surface area (Å²) in [6.07, 6.45) is 2.63. The third-order valence-corrected chi connectivity index (χ3v) is 2.98. The van der Waals surface area contributed by atoms with Crippen LogP contribution >= 0.6 is 0 Å². The number of nitrogens with zero attached hydrogens (tertiary/aromatic N) is 2. The molecule has 1 heterocycles. The van der Waals surface area contributed by atoms with Gasteiger partial charge in [-0.05, 0) is 24.4 Å². The van der Waals surface area contributed by atoms with Crippen LogP contribution in [0.3, 0.4) is 0 Å². The molecule has 0 bridgehead atoms. The zero-order chi connectivity index (χ0) is 12.1. The van der Waals surface area contributed by atoms with Crippen molar-refractivity contribution in [2.75, 3.05) is 0 Å². The molecule has 0 amide bonds. The molecule has 0 N–H and O–H groups in total. The summed E-state index contributed by atoms with van der Waals surface area (Å²) >= 11 is 0. The first-order chi connectivity index (χ1) is 8.33. The van der Waals surface area contributed by atoms with Gasteiger partial charge in [0, 0.05) is 0 Å². The molecule has 1 aromatic carbocycles. The van der Waals surface area contributed by atoms with Gasteiger partial charge in [-0.3, -0.25) is 0 Å². The summed E-state index contributed by atoms with van der Waals surface area (Å²) in [5, 5.41) is 0. The maximum Gasteiger partial charge on any atom is 1.00 e. The molecular formula is C15H18KN2-. The van der Waals surface area contributed by atoms with Gasteiger partial charge in [0.15, 0.2) is 0 Å². The molecule has 0 fully saturated rings. The standard InChI is InChI=1S/C15H18N2.K/c1-3-13-11-16-15(17-14(13)4-2)10-12-8-6-5-7-9-12;/h5-9,11,13H,1,3-4,10H2,2H3;/q-2;+1. The van der Waals surface area contributed by atoms with Gasteiger partial charge >= 0.3 is 51.4 Å². The van der Waals surface area contributed by atoms with E-state index in [0.29, 0.717) is 5.92 Å². The first-order valence-corrected chi connectivity index (χ1v) is 6.14. The van der Waals surface area contributed by atoms with Gasteiger partial charge < -0.3 is 16.9 Å². The van der Waals surface area contributed by atoms with Gasteiger partial charge in [-0.1, -0.05) is 48.7 Å². The predicted octanol–water partition coefficient (Wildman–Crippen LogP) is 0.498. The molecular weight excluding hydrogens is 247 g/mol. The Morgan fingerprint density at radius 2 is 2.00 bits per heavy atom. The molecule has 18 heavy (non-hydrogen) atoms. The molecule has 2 rings (SSSR count). The Labute approximate surface area is 152 Å². The number of hydrogen-bond acceptors (Lipinski definition) is 2. The molecule has 2 nitrogen and oxygen atoms in total. The van der Waals surface area contributed by atoms with Crippen molar-refractivity contribution in [3.05, 3.63) is 49.4 Å². The van der Waals surface area contributed by atoms with Crippen molar-refractivity contribution in [3.8, 4) is 0 Å². The summed E-state index contributed by atoms with van der Waals surface area (Å²) in [7, 11) is 0. The zero-order valence-electron chi connectivity index (χ0n) is 11.3. The molecule has 1 atom stereocenters. The van der Waals surface area contributed by atoms with E-state index in [1.165, 1.54) is 11.3 Å². The Kier molecular flexibility index (Phi) is 7.42. The van der Waals surface area contributed by atoms with Gasteiger partial charge in [0.1, 0.15) is 0 Å². The van der Waals surface area contributed by atoms with Crippen LogP contribution in [0.15, 0.2) is 40.3 Å². The van der Waals surface area contributed by atoms with E-state index in [2.05, 4.69) is 36.0 Å². The van der Waals surface area contributed by atoms with Crippen molar-refractivity contribution in [3.63, 3.8) is 0 Å². The molecule has 1 aliphatic rings. The average Bonchev–Trinajstić information content (AvgIpc) is 2.40. The Morgan fingerprint density at radius 1 is 1.28 bits per heavy atom. The van der Waals surface area contributed by atoms with Gasteiger partial charge in [0.05, 0.1) is 0 Å². The summed E-state index contributed by atoms with van der Waals surface area (Å²) in [5.41, 5.74) is 2.47. The van der Waals surface area contributed by atoms with Crippen molar-refractivity contribution in [1.29, 1.82) is 0 Å². The van der Waals surface area contributed by atoms with E-state index in [4.69, 9.17) is 0 Å². The van der Waals surface area contributed by atoms with Crippen molar-refractivity contribution in [2.45, 2.75) is 26.2 Å². The van der Waals surface area contributed by atoms with Gasteiger partial charge in [-0.15, -0.1) is 6.54 Å². The monoisotopic (exact) mass is 265 g/mol. The van der Waals surface area contributed by atoms with E-state index >= 15 is 0 Å². The maximum absolute atomic E-state index is 4.64. The molecule has 0 saturated heterocycles. The normalized spacial score (nSPS) is 18.2. The predicted molar refractivity (Wildman–Crippen MR) is 73.1 cm³/mol. The molecule has 0 saturated carbocycles. The second-order valence-electron chi connectivity index (χ2n) is 4.21.